The minimum atomic E-state index is -2.01. The first kappa shape index (κ1) is 27.7. The van der Waals surface area contributed by atoms with Crippen molar-refractivity contribution < 1.29 is 18.2 Å². The minimum Gasteiger partial charge on any atom is -0.414 e. The summed E-state index contributed by atoms with van der Waals surface area (Å²) in [5, 5.41) is 0.0643. The third-order valence-electron chi connectivity index (χ3n) is 7.12. The molecule has 0 amide bonds. The zero-order valence-electron chi connectivity index (χ0n) is 22.1. The molecule has 2 aliphatic heterocycles. The number of nitrogens with zero attached hydrogens (tertiary/aromatic N) is 2. The molecule has 194 valence electrons. The van der Waals surface area contributed by atoms with Crippen LogP contribution in [0.25, 0.3) is 0 Å². The van der Waals surface area contributed by atoms with Crippen LogP contribution in [0.3, 0.4) is 0 Å². The van der Waals surface area contributed by atoms with E-state index in [2.05, 4.69) is 64.3 Å². The molecule has 0 bridgehead atoms. The average molecular weight is 516 g/mol. The van der Waals surface area contributed by atoms with Crippen molar-refractivity contribution in [3.63, 3.8) is 0 Å². The van der Waals surface area contributed by atoms with Gasteiger partial charge in [-0.1, -0.05) is 20.8 Å². The summed E-state index contributed by atoms with van der Waals surface area (Å²) in [5.74, 6) is 0. The molecule has 0 saturated carbocycles. The van der Waals surface area contributed by atoms with Crippen molar-refractivity contribution in [1.29, 1.82) is 0 Å². The fourth-order valence-corrected chi connectivity index (χ4v) is 6.58. The second-order valence-electron chi connectivity index (χ2n) is 11.3. The predicted octanol–water partition coefficient (Wildman–Crippen LogP) is 4.29. The maximum absolute atomic E-state index is 12.5. The Morgan fingerprint density at radius 2 is 1.97 bits per heavy atom. The van der Waals surface area contributed by atoms with Crippen LogP contribution in [-0.4, -0.2) is 60.0 Å². The molecule has 2 aliphatic rings. The van der Waals surface area contributed by atoms with E-state index in [1.54, 1.807) is 13.1 Å². The van der Waals surface area contributed by atoms with E-state index in [1.807, 2.05) is 0 Å². The molecule has 34 heavy (non-hydrogen) atoms. The molecule has 0 aromatic carbocycles. The highest BCUT2D eigenvalue weighted by atomic mass is 31.2. The van der Waals surface area contributed by atoms with Crippen LogP contribution in [0.15, 0.2) is 15.8 Å². The summed E-state index contributed by atoms with van der Waals surface area (Å²) in [6, 6.07) is 0.295. The Morgan fingerprint density at radius 1 is 1.29 bits per heavy atom. The van der Waals surface area contributed by atoms with Crippen molar-refractivity contribution >= 4 is 16.8 Å². The third-order valence-corrected chi connectivity index (χ3v) is 13.7. The molecule has 9 nitrogen and oxygen atoms in total. The molecule has 5 atom stereocenters. The summed E-state index contributed by atoms with van der Waals surface area (Å²) in [6.07, 6.45) is 1.93. The molecule has 3 heterocycles. The van der Waals surface area contributed by atoms with Crippen molar-refractivity contribution in [3.8, 4) is 0 Å². The van der Waals surface area contributed by atoms with Crippen LogP contribution in [0.2, 0.25) is 18.1 Å². The van der Waals surface area contributed by atoms with Gasteiger partial charge in [0.05, 0.1) is 18.8 Å². The van der Waals surface area contributed by atoms with Gasteiger partial charge in [-0.2, -0.15) is 0 Å². The van der Waals surface area contributed by atoms with E-state index >= 15 is 0 Å². The molecule has 0 spiro atoms. The van der Waals surface area contributed by atoms with Crippen molar-refractivity contribution in [2.75, 3.05) is 13.2 Å². The number of aryl methyl sites for hydroxylation is 1. The number of hydrogen-bond donors (Lipinski definition) is 1. The Hall–Kier alpha value is -0.873. The Morgan fingerprint density at radius 3 is 2.59 bits per heavy atom. The van der Waals surface area contributed by atoms with Gasteiger partial charge in [0.15, 0.2) is 8.32 Å². The highest BCUT2D eigenvalue weighted by molar-refractivity contribution is 7.44. The lowest BCUT2D eigenvalue weighted by atomic mass is 10.2. The second kappa shape index (κ2) is 10.6. The number of hydrogen-bond acceptors (Lipinski definition) is 7. The van der Waals surface area contributed by atoms with Gasteiger partial charge in [-0.3, -0.25) is 14.3 Å². The standard InChI is InChI=1S/C23H42N3O6PSi/c1-15(2)26-11-10-17(4)31-33(26)32-18-12-20(25-13-16(3)21(27)24-22(25)28)30-19(18)14-29-34(8,9)23(5,6)7/h13,15,17-20H,10-12,14H2,1-9H3,(H,24,27,28). The molecule has 1 aromatic rings. The predicted molar refractivity (Wildman–Crippen MR) is 137 cm³/mol. The maximum atomic E-state index is 12.5. The van der Waals surface area contributed by atoms with E-state index in [0.29, 0.717) is 24.6 Å². The largest absolute Gasteiger partial charge is 0.414 e. The maximum Gasteiger partial charge on any atom is 0.330 e. The zero-order chi connectivity index (χ0) is 25.4. The monoisotopic (exact) mass is 515 g/mol. The highest BCUT2D eigenvalue weighted by Crippen LogP contribution is 2.52. The summed E-state index contributed by atoms with van der Waals surface area (Å²) < 4.78 is 29.4. The molecule has 5 unspecified atom stereocenters. The van der Waals surface area contributed by atoms with E-state index in [0.717, 1.165) is 13.0 Å². The normalized spacial score (nSPS) is 29.2. The van der Waals surface area contributed by atoms with Crippen molar-refractivity contribution in [1.82, 2.24) is 14.2 Å². The van der Waals surface area contributed by atoms with Crippen molar-refractivity contribution in [2.45, 2.75) is 110 Å². The lowest BCUT2D eigenvalue weighted by Gasteiger charge is -2.40. The molecule has 1 N–H and O–H groups in total. The summed E-state index contributed by atoms with van der Waals surface area (Å²) >= 11 is 0. The Bertz CT molecular complexity index is 959. The van der Waals surface area contributed by atoms with Gasteiger partial charge in [-0.25, -0.2) is 9.46 Å². The lowest BCUT2D eigenvalue weighted by Crippen LogP contribution is -2.44. The van der Waals surface area contributed by atoms with E-state index < -0.39 is 28.8 Å². The molecule has 3 rings (SSSR count). The van der Waals surface area contributed by atoms with Crippen LogP contribution in [0, 0.1) is 6.92 Å². The first-order valence-electron chi connectivity index (χ1n) is 12.2. The first-order valence-corrected chi connectivity index (χ1v) is 16.2. The first-order chi connectivity index (χ1) is 15.7. The molecular formula is C23H42N3O6PSi. The fraction of sp³-hybridized carbons (Fsp3) is 0.826. The van der Waals surface area contributed by atoms with Gasteiger partial charge in [0.25, 0.3) is 14.1 Å². The van der Waals surface area contributed by atoms with E-state index in [1.165, 1.54) is 4.57 Å². The van der Waals surface area contributed by atoms with Crippen molar-refractivity contribution in [2.24, 2.45) is 0 Å². The SMILES string of the molecule is Cc1cn(C2CC(OP3OC(C)CCN3C(C)C)C(CO[Si](C)(C)C(C)(C)C)O2)c(=O)[nH]c1=O. The number of aromatic nitrogens is 2. The summed E-state index contributed by atoms with van der Waals surface area (Å²) in [6.45, 7) is 20.4. The van der Waals surface area contributed by atoms with Crippen LogP contribution in [-0.2, 0) is 18.2 Å². The Labute approximate surface area is 205 Å². The second-order valence-corrected chi connectivity index (χ2v) is 17.5. The molecule has 1 aromatic heterocycles. The van der Waals surface area contributed by atoms with Crippen LogP contribution in [0.4, 0.5) is 0 Å². The molecule has 2 fully saturated rings. The van der Waals surface area contributed by atoms with Crippen LogP contribution in [0.1, 0.15) is 66.2 Å². The molecule has 2 saturated heterocycles. The van der Waals surface area contributed by atoms with Crippen LogP contribution < -0.4 is 11.2 Å². The molecule has 11 heteroatoms. The van der Waals surface area contributed by atoms with Gasteiger partial charge in [0.2, 0.25) is 0 Å². The van der Waals surface area contributed by atoms with Gasteiger partial charge >= 0.3 is 5.69 Å². The van der Waals surface area contributed by atoms with Gasteiger partial charge in [-0.15, -0.1) is 0 Å². The lowest BCUT2D eigenvalue weighted by molar-refractivity contribution is -0.0428. The quantitative estimate of drug-likeness (QED) is 0.428. The van der Waals surface area contributed by atoms with E-state index in [-0.39, 0.29) is 28.9 Å². The Balaban J connectivity index is 1.85. The number of rotatable bonds is 7. The van der Waals surface area contributed by atoms with Crippen LogP contribution >= 0.6 is 8.53 Å². The zero-order valence-corrected chi connectivity index (χ0v) is 24.0. The number of aromatic amines is 1. The number of H-pyrrole nitrogens is 1. The number of nitrogens with one attached hydrogen (secondary N) is 1. The van der Waals surface area contributed by atoms with Crippen LogP contribution in [0.5, 0.6) is 0 Å². The smallest absolute Gasteiger partial charge is 0.330 e. The third kappa shape index (κ3) is 6.27. The average Bonchev–Trinajstić information content (AvgIpc) is 3.10. The highest BCUT2D eigenvalue weighted by Gasteiger charge is 2.44. The summed E-state index contributed by atoms with van der Waals surface area (Å²) in [5.41, 5.74) is -0.408. The topological polar surface area (TPSA) is 95.0 Å². The molecular weight excluding hydrogens is 473 g/mol. The van der Waals surface area contributed by atoms with Gasteiger partial charge < -0.3 is 18.2 Å². The number of ether oxygens (including phenoxy) is 1. The summed E-state index contributed by atoms with van der Waals surface area (Å²) in [4.78, 5) is 26.8. The fourth-order valence-electron chi connectivity index (χ4n) is 3.75. The van der Waals surface area contributed by atoms with Gasteiger partial charge in [0, 0.05) is 30.8 Å². The van der Waals surface area contributed by atoms with Gasteiger partial charge in [-0.05, 0) is 52.2 Å². The molecule has 0 radical (unpaired) electrons. The Kier molecular flexibility index (Phi) is 8.66. The van der Waals surface area contributed by atoms with E-state index in [9.17, 15) is 9.59 Å². The molecule has 0 aliphatic carbocycles. The van der Waals surface area contributed by atoms with E-state index in [4.69, 9.17) is 18.2 Å². The summed E-state index contributed by atoms with van der Waals surface area (Å²) in [7, 11) is -3.27. The minimum absolute atomic E-state index is 0.0643. The van der Waals surface area contributed by atoms with Crippen molar-refractivity contribution in [3.05, 3.63) is 32.6 Å². The van der Waals surface area contributed by atoms with Gasteiger partial charge in [0.1, 0.15) is 12.3 Å².